The fourth-order valence-corrected chi connectivity index (χ4v) is 2.79. The van der Waals surface area contributed by atoms with Crippen molar-refractivity contribution < 1.29 is 18.0 Å². The van der Waals surface area contributed by atoms with Gasteiger partial charge in [0.25, 0.3) is 5.91 Å². The molecule has 3 heterocycles. The van der Waals surface area contributed by atoms with Gasteiger partial charge in [-0.3, -0.25) is 9.48 Å². The number of carbonyl (C=O) groups excluding carboxylic acids is 1. The quantitative estimate of drug-likeness (QED) is 0.744. The molecule has 0 aromatic carbocycles. The Morgan fingerprint density at radius 1 is 1.43 bits per heavy atom. The lowest BCUT2D eigenvalue weighted by Gasteiger charge is -2.07. The molecule has 0 bridgehead atoms. The van der Waals surface area contributed by atoms with Crippen molar-refractivity contribution in [3.63, 3.8) is 0 Å². The summed E-state index contributed by atoms with van der Waals surface area (Å²) >= 11 is 1.14. The summed E-state index contributed by atoms with van der Waals surface area (Å²) in [5.41, 5.74) is 4.27. The lowest BCUT2D eigenvalue weighted by molar-refractivity contribution is -0.140. The highest BCUT2D eigenvalue weighted by molar-refractivity contribution is 7.17. The zero-order valence-electron chi connectivity index (χ0n) is 11.5. The fourth-order valence-electron chi connectivity index (χ4n) is 1.96. The lowest BCUT2D eigenvalue weighted by atomic mass is 10.2. The second-order valence-corrected chi connectivity index (χ2v) is 5.47. The first-order valence-corrected chi connectivity index (χ1v) is 7.05. The summed E-state index contributed by atoms with van der Waals surface area (Å²) in [7, 11) is 1.33. The Morgan fingerprint density at radius 3 is 2.87 bits per heavy atom. The van der Waals surface area contributed by atoms with E-state index in [2.05, 4.69) is 20.4 Å². The molecule has 23 heavy (non-hydrogen) atoms. The first-order chi connectivity index (χ1) is 10.8. The maximum atomic E-state index is 12.9. The minimum atomic E-state index is -4.68. The Hall–Kier alpha value is -2.69. The molecule has 7 nitrogen and oxygen atoms in total. The predicted molar refractivity (Wildman–Crippen MR) is 78.0 cm³/mol. The van der Waals surface area contributed by atoms with E-state index >= 15 is 0 Å². The van der Waals surface area contributed by atoms with E-state index in [1.165, 1.54) is 18.6 Å². The minimum Gasteiger partial charge on any atom is -0.382 e. The number of amides is 1. The maximum absolute atomic E-state index is 12.9. The van der Waals surface area contributed by atoms with Crippen LogP contribution in [0, 0.1) is 0 Å². The number of alkyl halides is 3. The fraction of sp³-hybridized carbons (Fsp3) is 0.167. The Morgan fingerprint density at radius 2 is 2.17 bits per heavy atom. The van der Waals surface area contributed by atoms with Crippen molar-refractivity contribution in [2.75, 3.05) is 11.1 Å². The van der Waals surface area contributed by atoms with Crippen molar-refractivity contribution in [1.82, 2.24) is 19.7 Å². The van der Waals surface area contributed by atoms with E-state index in [1.54, 1.807) is 0 Å². The third-order valence-electron chi connectivity index (χ3n) is 2.89. The molecule has 0 aliphatic heterocycles. The number of anilines is 2. The monoisotopic (exact) mass is 342 g/mol. The molecule has 1 amide bonds. The summed E-state index contributed by atoms with van der Waals surface area (Å²) in [5.74, 6) is -0.628. The van der Waals surface area contributed by atoms with Crippen LogP contribution < -0.4 is 11.1 Å². The van der Waals surface area contributed by atoms with E-state index in [4.69, 9.17) is 5.73 Å². The van der Waals surface area contributed by atoms with Gasteiger partial charge in [0.2, 0.25) is 0 Å². The second kappa shape index (κ2) is 5.19. The van der Waals surface area contributed by atoms with Crippen molar-refractivity contribution in [1.29, 1.82) is 0 Å². The highest BCUT2D eigenvalue weighted by Crippen LogP contribution is 2.34. The number of hydrogen-bond donors (Lipinski definition) is 2. The predicted octanol–water partition coefficient (Wildman–Crippen LogP) is 2.28. The molecular weight excluding hydrogens is 333 g/mol. The van der Waals surface area contributed by atoms with Gasteiger partial charge in [0, 0.05) is 18.6 Å². The molecule has 0 saturated carbocycles. The largest absolute Gasteiger partial charge is 0.437 e. The molecule has 0 aliphatic rings. The molecule has 0 aliphatic carbocycles. The molecule has 3 aromatic heterocycles. The van der Waals surface area contributed by atoms with Crippen molar-refractivity contribution >= 4 is 39.1 Å². The molecule has 120 valence electrons. The number of carbonyl (C=O) groups is 1. The first kappa shape index (κ1) is 15.2. The molecule has 3 rings (SSSR count). The summed E-state index contributed by atoms with van der Waals surface area (Å²) in [6.07, 6.45) is -2.26. The molecule has 0 saturated heterocycles. The third-order valence-corrected chi connectivity index (χ3v) is 3.77. The molecule has 3 aromatic rings. The van der Waals surface area contributed by atoms with Gasteiger partial charge in [0.15, 0.2) is 5.69 Å². The molecular formula is C12H9F3N6OS. The number of aryl methyl sites for hydroxylation is 1. The number of rotatable bonds is 2. The van der Waals surface area contributed by atoms with Gasteiger partial charge in [-0.1, -0.05) is 0 Å². The van der Waals surface area contributed by atoms with Gasteiger partial charge in [0.05, 0.1) is 17.4 Å². The molecule has 0 spiro atoms. The van der Waals surface area contributed by atoms with Gasteiger partial charge in [-0.15, -0.1) is 11.3 Å². The number of nitrogen functional groups attached to an aromatic ring is 1. The van der Waals surface area contributed by atoms with Gasteiger partial charge >= 0.3 is 6.18 Å². The number of nitrogens with zero attached hydrogens (tertiary/aromatic N) is 4. The first-order valence-electron chi connectivity index (χ1n) is 6.17. The normalized spacial score (nSPS) is 11.8. The summed E-state index contributed by atoms with van der Waals surface area (Å²) in [6.45, 7) is 0. The smallest absolute Gasteiger partial charge is 0.382 e. The molecule has 0 atom stereocenters. The van der Waals surface area contributed by atoms with Gasteiger partial charge in [-0.25, -0.2) is 9.97 Å². The van der Waals surface area contributed by atoms with E-state index in [0.717, 1.165) is 22.2 Å². The van der Waals surface area contributed by atoms with Crippen molar-refractivity contribution in [3.8, 4) is 0 Å². The van der Waals surface area contributed by atoms with Crippen LogP contribution in [-0.4, -0.2) is 25.7 Å². The van der Waals surface area contributed by atoms with Crippen molar-refractivity contribution in [3.05, 3.63) is 29.0 Å². The van der Waals surface area contributed by atoms with Gasteiger partial charge in [-0.2, -0.15) is 18.3 Å². The Kier molecular flexibility index (Phi) is 3.43. The van der Waals surface area contributed by atoms with Crippen LogP contribution in [0.5, 0.6) is 0 Å². The van der Waals surface area contributed by atoms with Crippen molar-refractivity contribution in [2.45, 2.75) is 6.18 Å². The van der Waals surface area contributed by atoms with E-state index < -0.39 is 23.5 Å². The molecule has 0 fully saturated rings. The number of aromatic nitrogens is 4. The van der Waals surface area contributed by atoms with Crippen LogP contribution in [0.2, 0.25) is 0 Å². The molecule has 11 heteroatoms. The Labute approximate surface area is 130 Å². The molecule has 3 N–H and O–H groups in total. The van der Waals surface area contributed by atoms with Crippen LogP contribution in [0.15, 0.2) is 17.8 Å². The molecule has 0 unspecified atom stereocenters. The number of hydrogen-bond acceptors (Lipinski definition) is 6. The van der Waals surface area contributed by atoms with Gasteiger partial charge in [0.1, 0.15) is 16.2 Å². The van der Waals surface area contributed by atoms with Crippen molar-refractivity contribution in [2.24, 2.45) is 7.05 Å². The average molecular weight is 342 g/mol. The zero-order valence-corrected chi connectivity index (χ0v) is 12.4. The summed E-state index contributed by atoms with van der Waals surface area (Å²) < 4.78 is 39.7. The minimum absolute atomic E-state index is 0.0989. The third kappa shape index (κ3) is 2.82. The maximum Gasteiger partial charge on any atom is 0.437 e. The summed E-state index contributed by atoms with van der Waals surface area (Å²) in [5, 5.41) is 6.99. The highest BCUT2D eigenvalue weighted by atomic mass is 32.1. The van der Waals surface area contributed by atoms with E-state index in [1.807, 2.05) is 0 Å². The van der Waals surface area contributed by atoms with E-state index in [9.17, 15) is 18.0 Å². The van der Waals surface area contributed by atoms with Crippen LogP contribution in [0.3, 0.4) is 0 Å². The van der Waals surface area contributed by atoms with Crippen LogP contribution in [0.25, 0.3) is 10.3 Å². The van der Waals surface area contributed by atoms with Crippen LogP contribution in [0.1, 0.15) is 16.1 Å². The average Bonchev–Trinajstić information content (AvgIpc) is 3.01. The van der Waals surface area contributed by atoms with Gasteiger partial charge < -0.3 is 11.1 Å². The van der Waals surface area contributed by atoms with E-state index in [-0.39, 0.29) is 16.9 Å². The standard InChI is InChI=1S/C12H9F3N6OS/c1-21-3-6(9(20-21)12(13,14)15)18-10(22)5-4-23-11-8(5)19-7(16)2-17-11/h2-4H,1H3,(H2,16,19)(H,18,22). The summed E-state index contributed by atoms with van der Waals surface area (Å²) in [4.78, 5) is 20.7. The Bertz CT molecular complexity index is 900. The second-order valence-electron chi connectivity index (χ2n) is 4.61. The number of halogens is 3. The van der Waals surface area contributed by atoms with Gasteiger partial charge in [-0.05, 0) is 0 Å². The number of fused-ring (bicyclic) bond motifs is 1. The van der Waals surface area contributed by atoms with Crippen LogP contribution in [0.4, 0.5) is 24.7 Å². The van der Waals surface area contributed by atoms with E-state index in [0.29, 0.717) is 4.83 Å². The number of nitrogens with two attached hydrogens (primary N) is 1. The summed E-state index contributed by atoms with van der Waals surface area (Å²) in [6, 6.07) is 0. The number of thiophene rings is 1. The highest BCUT2D eigenvalue weighted by Gasteiger charge is 2.37. The van der Waals surface area contributed by atoms with Crippen LogP contribution >= 0.6 is 11.3 Å². The van der Waals surface area contributed by atoms with Crippen LogP contribution in [-0.2, 0) is 13.2 Å². The zero-order chi connectivity index (χ0) is 16.8. The Balaban J connectivity index is 1.97. The number of nitrogens with one attached hydrogen (secondary N) is 1. The lowest BCUT2D eigenvalue weighted by Crippen LogP contribution is -2.16. The SMILES string of the molecule is Cn1cc(NC(=O)c2csc3ncc(N)nc23)c(C(F)(F)F)n1. The molecule has 0 radical (unpaired) electrons. The topological polar surface area (TPSA) is 98.7 Å².